The highest BCUT2D eigenvalue weighted by molar-refractivity contribution is 5.82. The van der Waals surface area contributed by atoms with Crippen molar-refractivity contribution in [3.63, 3.8) is 0 Å². The first-order chi connectivity index (χ1) is 10.6. The Labute approximate surface area is 132 Å². The summed E-state index contributed by atoms with van der Waals surface area (Å²) < 4.78 is 1.94. The van der Waals surface area contributed by atoms with Crippen LogP contribution in [0.5, 0.6) is 0 Å². The number of hydrogen-bond acceptors (Lipinski definition) is 4. The van der Waals surface area contributed by atoms with E-state index in [0.29, 0.717) is 11.9 Å². The van der Waals surface area contributed by atoms with Crippen LogP contribution >= 0.6 is 0 Å². The largest absolute Gasteiger partial charge is 0.337 e. The summed E-state index contributed by atoms with van der Waals surface area (Å²) in [6, 6.07) is 2.22. The lowest BCUT2D eigenvalue weighted by Gasteiger charge is -2.38. The molecule has 0 aromatic carbocycles. The first-order valence-electron chi connectivity index (χ1n) is 8.35. The maximum absolute atomic E-state index is 12.9. The van der Waals surface area contributed by atoms with Gasteiger partial charge >= 0.3 is 0 Å². The Kier molecular flexibility index (Phi) is 4.78. The van der Waals surface area contributed by atoms with Crippen LogP contribution in [0.1, 0.15) is 19.8 Å². The molecule has 122 valence electrons. The van der Waals surface area contributed by atoms with Crippen molar-refractivity contribution >= 4 is 5.91 Å². The zero-order chi connectivity index (χ0) is 15.5. The van der Waals surface area contributed by atoms with Gasteiger partial charge in [-0.05, 0) is 32.9 Å². The van der Waals surface area contributed by atoms with E-state index in [1.54, 1.807) is 6.20 Å². The third-order valence-corrected chi connectivity index (χ3v) is 5.06. The van der Waals surface area contributed by atoms with Crippen LogP contribution in [0.25, 0.3) is 0 Å². The Morgan fingerprint density at radius 1 is 1.27 bits per heavy atom. The van der Waals surface area contributed by atoms with E-state index in [2.05, 4.69) is 33.8 Å². The number of hydrogen-bond donors (Lipinski definition) is 0. The second-order valence-corrected chi connectivity index (χ2v) is 6.57. The quantitative estimate of drug-likeness (QED) is 0.813. The number of carbonyl (C=O) groups excluding carboxylic acids is 1. The fraction of sp³-hybridized carbons (Fsp3) is 0.750. The number of piperazine rings is 1. The molecule has 1 amide bonds. The normalized spacial score (nSPS) is 25.5. The van der Waals surface area contributed by atoms with E-state index < -0.39 is 0 Å². The lowest BCUT2D eigenvalue weighted by atomic mass is 10.1. The first kappa shape index (κ1) is 15.5. The van der Waals surface area contributed by atoms with E-state index in [9.17, 15) is 4.79 Å². The van der Waals surface area contributed by atoms with E-state index in [4.69, 9.17) is 0 Å². The van der Waals surface area contributed by atoms with Gasteiger partial charge in [0, 0.05) is 45.1 Å². The van der Waals surface area contributed by atoms with Crippen molar-refractivity contribution in [2.24, 2.45) is 0 Å². The van der Waals surface area contributed by atoms with Gasteiger partial charge < -0.3 is 9.80 Å². The van der Waals surface area contributed by atoms with E-state index >= 15 is 0 Å². The van der Waals surface area contributed by atoms with E-state index in [1.807, 2.05) is 16.9 Å². The minimum absolute atomic E-state index is 0.00748. The summed E-state index contributed by atoms with van der Waals surface area (Å²) in [5, 5.41) is 4.28. The third-order valence-electron chi connectivity index (χ3n) is 5.06. The number of amides is 1. The first-order valence-corrected chi connectivity index (χ1v) is 8.35. The molecule has 0 radical (unpaired) electrons. The predicted molar refractivity (Wildman–Crippen MR) is 85.5 cm³/mol. The van der Waals surface area contributed by atoms with Crippen molar-refractivity contribution in [2.75, 3.05) is 39.8 Å². The molecule has 0 aliphatic carbocycles. The van der Waals surface area contributed by atoms with Gasteiger partial charge in [-0.3, -0.25) is 14.4 Å². The highest BCUT2D eigenvalue weighted by atomic mass is 16.2. The van der Waals surface area contributed by atoms with Crippen molar-refractivity contribution in [1.29, 1.82) is 0 Å². The summed E-state index contributed by atoms with van der Waals surface area (Å²) in [5.41, 5.74) is 0. The summed E-state index contributed by atoms with van der Waals surface area (Å²) >= 11 is 0. The van der Waals surface area contributed by atoms with E-state index in [0.717, 1.165) is 52.1 Å². The second kappa shape index (κ2) is 6.79. The smallest absolute Gasteiger partial charge is 0.239 e. The standard InChI is InChI=1S/C16H27N5O/c1-14(19-11-9-18(2)10-12-19)16(22)21-8-3-5-15(21)13-20-7-4-6-17-20/h4,6-7,14-15H,3,5,8-13H2,1-2H3/t14-,15-/m1/s1. The van der Waals surface area contributed by atoms with Crippen LogP contribution in [0.15, 0.2) is 18.5 Å². The maximum atomic E-state index is 12.9. The van der Waals surface area contributed by atoms with Crippen LogP contribution in [0.4, 0.5) is 0 Å². The predicted octanol–water partition coefficient (Wildman–Crippen LogP) is 0.510. The summed E-state index contributed by atoms with van der Waals surface area (Å²) in [4.78, 5) is 19.6. The highest BCUT2D eigenvalue weighted by Crippen LogP contribution is 2.21. The Hall–Kier alpha value is -1.40. The SMILES string of the molecule is C[C@H](C(=O)N1CCC[C@@H]1Cn1cccn1)N1CCN(C)CC1. The zero-order valence-electron chi connectivity index (χ0n) is 13.7. The van der Waals surface area contributed by atoms with Gasteiger partial charge in [0.2, 0.25) is 5.91 Å². The molecule has 2 saturated heterocycles. The molecule has 3 rings (SSSR count). The van der Waals surface area contributed by atoms with Crippen LogP contribution in [-0.4, -0.2) is 82.2 Å². The molecule has 2 atom stereocenters. The Morgan fingerprint density at radius 2 is 2.05 bits per heavy atom. The van der Waals surface area contributed by atoms with Crippen LogP contribution in [0, 0.1) is 0 Å². The maximum Gasteiger partial charge on any atom is 0.239 e. The van der Waals surface area contributed by atoms with Crippen molar-refractivity contribution < 1.29 is 4.79 Å². The molecule has 1 aromatic rings. The van der Waals surface area contributed by atoms with Crippen molar-refractivity contribution in [3.8, 4) is 0 Å². The van der Waals surface area contributed by atoms with Gasteiger partial charge in [-0.1, -0.05) is 0 Å². The number of nitrogens with zero attached hydrogens (tertiary/aromatic N) is 5. The molecule has 6 nitrogen and oxygen atoms in total. The summed E-state index contributed by atoms with van der Waals surface area (Å²) in [6.07, 6.45) is 5.97. The molecular formula is C16H27N5O. The van der Waals surface area contributed by atoms with Crippen molar-refractivity contribution in [1.82, 2.24) is 24.5 Å². The summed E-state index contributed by atoms with van der Waals surface area (Å²) in [5.74, 6) is 0.291. The average Bonchev–Trinajstić information content (AvgIpc) is 3.19. The molecule has 0 bridgehead atoms. The highest BCUT2D eigenvalue weighted by Gasteiger charge is 2.34. The number of aromatic nitrogens is 2. The summed E-state index contributed by atoms with van der Waals surface area (Å²) in [7, 11) is 2.14. The van der Waals surface area contributed by atoms with E-state index in [1.165, 1.54) is 0 Å². The lowest BCUT2D eigenvalue weighted by molar-refractivity contribution is -0.138. The number of likely N-dealkylation sites (N-methyl/N-ethyl adjacent to an activating group) is 1. The van der Waals surface area contributed by atoms with Crippen LogP contribution in [0.3, 0.4) is 0 Å². The van der Waals surface area contributed by atoms with Gasteiger partial charge in [-0.2, -0.15) is 5.10 Å². The molecule has 3 heterocycles. The molecule has 0 spiro atoms. The Balaban J connectivity index is 1.60. The number of likely N-dealkylation sites (tertiary alicyclic amines) is 1. The molecule has 2 fully saturated rings. The molecule has 2 aliphatic heterocycles. The number of carbonyl (C=O) groups is 1. The van der Waals surface area contributed by atoms with Crippen LogP contribution in [0.2, 0.25) is 0 Å². The van der Waals surface area contributed by atoms with Crippen molar-refractivity contribution in [2.45, 2.75) is 38.4 Å². The van der Waals surface area contributed by atoms with Gasteiger partial charge in [0.1, 0.15) is 0 Å². The molecule has 2 aliphatic rings. The minimum atomic E-state index is -0.00748. The van der Waals surface area contributed by atoms with Gasteiger partial charge in [0.25, 0.3) is 0 Å². The van der Waals surface area contributed by atoms with Crippen LogP contribution < -0.4 is 0 Å². The van der Waals surface area contributed by atoms with Gasteiger partial charge in [-0.15, -0.1) is 0 Å². The van der Waals surface area contributed by atoms with Gasteiger partial charge in [-0.25, -0.2) is 0 Å². The Morgan fingerprint density at radius 3 is 2.73 bits per heavy atom. The minimum Gasteiger partial charge on any atom is -0.337 e. The molecule has 0 unspecified atom stereocenters. The molecule has 0 saturated carbocycles. The molecule has 0 N–H and O–H groups in total. The van der Waals surface area contributed by atoms with Crippen molar-refractivity contribution in [3.05, 3.63) is 18.5 Å². The average molecular weight is 305 g/mol. The Bertz CT molecular complexity index is 481. The number of rotatable bonds is 4. The van der Waals surface area contributed by atoms with E-state index in [-0.39, 0.29) is 6.04 Å². The van der Waals surface area contributed by atoms with Gasteiger partial charge in [0.15, 0.2) is 0 Å². The van der Waals surface area contributed by atoms with Gasteiger partial charge in [0.05, 0.1) is 18.6 Å². The van der Waals surface area contributed by atoms with Crippen LogP contribution in [-0.2, 0) is 11.3 Å². The third kappa shape index (κ3) is 3.33. The molecule has 1 aromatic heterocycles. The molecular weight excluding hydrogens is 278 g/mol. The molecule has 22 heavy (non-hydrogen) atoms. The monoisotopic (exact) mass is 305 g/mol. The fourth-order valence-electron chi connectivity index (χ4n) is 3.55. The summed E-state index contributed by atoms with van der Waals surface area (Å²) in [6.45, 7) is 7.85. The second-order valence-electron chi connectivity index (χ2n) is 6.57. The molecule has 6 heteroatoms. The lowest BCUT2D eigenvalue weighted by Crippen LogP contribution is -2.54. The zero-order valence-corrected chi connectivity index (χ0v) is 13.7. The topological polar surface area (TPSA) is 44.6 Å². The fourth-order valence-corrected chi connectivity index (χ4v) is 3.55.